The molecule has 33 heavy (non-hydrogen) atoms. The molecule has 0 saturated carbocycles. The first-order valence-electron chi connectivity index (χ1n) is 11.0. The van der Waals surface area contributed by atoms with Crippen molar-refractivity contribution in [2.75, 3.05) is 57.9 Å². The van der Waals surface area contributed by atoms with Gasteiger partial charge in [0.1, 0.15) is 5.82 Å². The van der Waals surface area contributed by atoms with Gasteiger partial charge in [-0.2, -0.15) is 0 Å². The quantitative estimate of drug-likeness (QED) is 0.316. The Morgan fingerprint density at radius 2 is 1.94 bits per heavy atom. The Hall–Kier alpha value is -2.05. The predicted molar refractivity (Wildman–Crippen MR) is 136 cm³/mol. The molecule has 2 unspecified atom stereocenters. The van der Waals surface area contributed by atoms with Crippen LogP contribution in [0.15, 0.2) is 47.6 Å². The molecule has 2 saturated heterocycles. The van der Waals surface area contributed by atoms with E-state index in [-0.39, 0.29) is 47.7 Å². The number of anilines is 1. The summed E-state index contributed by atoms with van der Waals surface area (Å²) in [7, 11) is 1.74. The van der Waals surface area contributed by atoms with Gasteiger partial charge in [0.05, 0.1) is 19.3 Å². The van der Waals surface area contributed by atoms with Crippen LogP contribution in [0, 0.1) is 11.6 Å². The van der Waals surface area contributed by atoms with E-state index in [2.05, 4.69) is 25.5 Å². The van der Waals surface area contributed by atoms with Gasteiger partial charge in [0.25, 0.3) is 0 Å². The number of guanidine groups is 1. The van der Waals surface area contributed by atoms with E-state index in [1.54, 1.807) is 19.3 Å². The highest BCUT2D eigenvalue weighted by Gasteiger charge is 2.27. The van der Waals surface area contributed by atoms with Crippen LogP contribution >= 0.6 is 24.0 Å². The van der Waals surface area contributed by atoms with Gasteiger partial charge in [-0.15, -0.1) is 24.0 Å². The van der Waals surface area contributed by atoms with E-state index >= 15 is 0 Å². The number of hydrogen-bond donors (Lipinski definition) is 2. The normalized spacial score (nSPS) is 20.3. The summed E-state index contributed by atoms with van der Waals surface area (Å²) in [4.78, 5) is 12.9. The highest BCUT2D eigenvalue weighted by atomic mass is 127. The van der Waals surface area contributed by atoms with Crippen molar-refractivity contribution >= 4 is 35.8 Å². The number of nitrogens with zero attached hydrogens (tertiary/aromatic N) is 4. The summed E-state index contributed by atoms with van der Waals surface area (Å²) in [5, 5.41) is 6.87. The van der Waals surface area contributed by atoms with Crippen LogP contribution in [0.1, 0.15) is 18.0 Å². The van der Waals surface area contributed by atoms with Crippen molar-refractivity contribution in [1.82, 2.24) is 20.5 Å². The SMILES string of the molecule is CN=C(NCC(c1ccc(F)cc1)N1CCOCC1)NC1CCN(c2ncccc2F)C1.I. The van der Waals surface area contributed by atoms with Crippen LogP contribution in [0.3, 0.4) is 0 Å². The fourth-order valence-electron chi connectivity index (χ4n) is 4.29. The molecule has 7 nitrogen and oxygen atoms in total. The number of aliphatic imine (C=N–C) groups is 1. The van der Waals surface area contributed by atoms with E-state index in [4.69, 9.17) is 4.74 Å². The van der Waals surface area contributed by atoms with Gasteiger partial charge in [0, 0.05) is 52.0 Å². The molecule has 10 heteroatoms. The molecule has 3 heterocycles. The molecule has 0 radical (unpaired) electrons. The Balaban J connectivity index is 0.00000306. The largest absolute Gasteiger partial charge is 0.379 e. The minimum absolute atomic E-state index is 0. The Labute approximate surface area is 210 Å². The number of ether oxygens (including phenoxy) is 1. The summed E-state index contributed by atoms with van der Waals surface area (Å²) in [5.41, 5.74) is 1.05. The van der Waals surface area contributed by atoms with Gasteiger partial charge in [0.2, 0.25) is 0 Å². The Morgan fingerprint density at radius 3 is 2.64 bits per heavy atom. The minimum Gasteiger partial charge on any atom is -0.379 e. The summed E-state index contributed by atoms with van der Waals surface area (Å²) in [6.07, 6.45) is 2.47. The summed E-state index contributed by atoms with van der Waals surface area (Å²) in [6.45, 7) is 5.02. The van der Waals surface area contributed by atoms with Crippen LogP contribution in [-0.4, -0.2) is 74.9 Å². The Kier molecular flexibility index (Phi) is 9.63. The second kappa shape index (κ2) is 12.4. The van der Waals surface area contributed by atoms with Crippen LogP contribution in [0.25, 0.3) is 0 Å². The van der Waals surface area contributed by atoms with Crippen LogP contribution < -0.4 is 15.5 Å². The summed E-state index contributed by atoms with van der Waals surface area (Å²) in [6, 6.07) is 9.91. The maximum atomic E-state index is 14.1. The van der Waals surface area contributed by atoms with Crippen molar-refractivity contribution in [3.63, 3.8) is 0 Å². The fraction of sp³-hybridized carbons (Fsp3) is 0.478. The third kappa shape index (κ3) is 6.73. The molecule has 0 amide bonds. The van der Waals surface area contributed by atoms with Crippen LogP contribution in [0.2, 0.25) is 0 Å². The van der Waals surface area contributed by atoms with E-state index < -0.39 is 0 Å². The Bertz CT molecular complexity index is 910. The van der Waals surface area contributed by atoms with Gasteiger partial charge < -0.3 is 20.3 Å². The van der Waals surface area contributed by atoms with Crippen LogP contribution in [0.4, 0.5) is 14.6 Å². The predicted octanol–water partition coefficient (Wildman–Crippen LogP) is 2.80. The van der Waals surface area contributed by atoms with Crippen molar-refractivity contribution in [3.8, 4) is 0 Å². The van der Waals surface area contributed by atoms with Crippen molar-refractivity contribution in [1.29, 1.82) is 0 Å². The fourth-order valence-corrected chi connectivity index (χ4v) is 4.29. The van der Waals surface area contributed by atoms with E-state index in [0.29, 0.717) is 38.1 Å². The topological polar surface area (TPSA) is 65.0 Å². The zero-order chi connectivity index (χ0) is 22.3. The first-order chi connectivity index (χ1) is 15.6. The van der Waals surface area contributed by atoms with Gasteiger partial charge in [-0.05, 0) is 36.2 Å². The first kappa shape index (κ1) is 25.6. The highest BCUT2D eigenvalue weighted by molar-refractivity contribution is 14.0. The number of rotatable bonds is 6. The number of benzene rings is 1. The molecule has 2 aliphatic heterocycles. The zero-order valence-corrected chi connectivity index (χ0v) is 21.0. The third-order valence-electron chi connectivity index (χ3n) is 6.00. The molecular formula is C23H31F2IN6O. The molecule has 4 rings (SSSR count). The van der Waals surface area contributed by atoms with Gasteiger partial charge in [0.15, 0.2) is 17.6 Å². The number of halogens is 3. The molecule has 2 atom stereocenters. The van der Waals surface area contributed by atoms with Gasteiger partial charge in [-0.3, -0.25) is 9.89 Å². The molecule has 2 N–H and O–H groups in total. The molecule has 2 aromatic rings. The number of morpholine rings is 1. The zero-order valence-electron chi connectivity index (χ0n) is 18.7. The second-order valence-corrected chi connectivity index (χ2v) is 8.05. The molecule has 2 fully saturated rings. The van der Waals surface area contributed by atoms with E-state index in [1.807, 2.05) is 17.0 Å². The lowest BCUT2D eigenvalue weighted by Crippen LogP contribution is -2.49. The van der Waals surface area contributed by atoms with Gasteiger partial charge in [-0.25, -0.2) is 13.8 Å². The molecular weight excluding hydrogens is 541 g/mol. The molecule has 180 valence electrons. The minimum atomic E-state index is -0.302. The van der Waals surface area contributed by atoms with Gasteiger partial charge >= 0.3 is 0 Å². The average molecular weight is 572 g/mol. The number of pyridine rings is 1. The summed E-state index contributed by atoms with van der Waals surface area (Å²) >= 11 is 0. The van der Waals surface area contributed by atoms with E-state index in [0.717, 1.165) is 31.6 Å². The molecule has 0 bridgehead atoms. The van der Waals surface area contributed by atoms with Crippen molar-refractivity contribution in [3.05, 3.63) is 59.8 Å². The number of nitrogens with one attached hydrogen (secondary N) is 2. The molecule has 2 aliphatic rings. The van der Waals surface area contributed by atoms with Crippen molar-refractivity contribution in [2.45, 2.75) is 18.5 Å². The molecule has 1 aromatic carbocycles. The standard InChI is InChI=1S/C23H30F2N6O.HI/c1-26-23(29-19-8-10-31(16-19)22-20(25)3-2-9-27-22)28-15-21(30-11-13-32-14-12-30)17-4-6-18(24)7-5-17;/h2-7,9,19,21H,8,10-16H2,1H3,(H2,26,28,29);1H. The lowest BCUT2D eigenvalue weighted by molar-refractivity contribution is 0.0170. The lowest BCUT2D eigenvalue weighted by atomic mass is 10.0. The van der Waals surface area contributed by atoms with Crippen LogP contribution in [0.5, 0.6) is 0 Å². The lowest BCUT2D eigenvalue weighted by Gasteiger charge is -2.35. The van der Waals surface area contributed by atoms with Crippen LogP contribution in [-0.2, 0) is 4.74 Å². The average Bonchev–Trinajstić information content (AvgIpc) is 3.29. The first-order valence-corrected chi connectivity index (χ1v) is 11.0. The van der Waals surface area contributed by atoms with Gasteiger partial charge in [-0.1, -0.05) is 12.1 Å². The second-order valence-electron chi connectivity index (χ2n) is 8.05. The number of hydrogen-bond acceptors (Lipinski definition) is 5. The molecule has 0 spiro atoms. The number of aromatic nitrogens is 1. The maximum absolute atomic E-state index is 14.1. The Morgan fingerprint density at radius 1 is 1.18 bits per heavy atom. The third-order valence-corrected chi connectivity index (χ3v) is 6.00. The monoisotopic (exact) mass is 572 g/mol. The van der Waals surface area contributed by atoms with Crippen molar-refractivity contribution in [2.24, 2.45) is 4.99 Å². The maximum Gasteiger partial charge on any atom is 0.191 e. The summed E-state index contributed by atoms with van der Waals surface area (Å²) in [5.74, 6) is 0.542. The summed E-state index contributed by atoms with van der Waals surface area (Å²) < 4.78 is 33.0. The van der Waals surface area contributed by atoms with Crippen molar-refractivity contribution < 1.29 is 13.5 Å². The smallest absolute Gasteiger partial charge is 0.191 e. The molecule has 0 aliphatic carbocycles. The molecule has 1 aromatic heterocycles. The van der Waals surface area contributed by atoms with E-state index in [1.165, 1.54) is 18.2 Å². The highest BCUT2D eigenvalue weighted by Crippen LogP contribution is 2.23. The van der Waals surface area contributed by atoms with E-state index in [9.17, 15) is 8.78 Å².